The van der Waals surface area contributed by atoms with Gasteiger partial charge < -0.3 is 15.2 Å². The summed E-state index contributed by atoms with van der Waals surface area (Å²) in [4.78, 5) is 31.5. The number of anilines is 2. The predicted octanol–water partition coefficient (Wildman–Crippen LogP) is 4.59. The molecule has 0 atom stereocenters. The highest BCUT2D eigenvalue weighted by atomic mass is 79.9. The van der Waals surface area contributed by atoms with E-state index in [-0.39, 0.29) is 12.3 Å². The van der Waals surface area contributed by atoms with Crippen molar-refractivity contribution in [3.63, 3.8) is 0 Å². The molecule has 0 saturated heterocycles. The van der Waals surface area contributed by atoms with Crippen LogP contribution in [0.3, 0.4) is 0 Å². The molecule has 0 aliphatic heterocycles. The second-order valence-electron chi connectivity index (χ2n) is 6.24. The maximum Gasteiger partial charge on any atom is 0.409 e. The van der Waals surface area contributed by atoms with Crippen LogP contribution >= 0.6 is 15.9 Å². The maximum absolute atomic E-state index is 12.2. The molecule has 0 radical (unpaired) electrons. The summed E-state index contributed by atoms with van der Waals surface area (Å²) in [6, 6.07) is 10.4. The van der Waals surface area contributed by atoms with Gasteiger partial charge in [-0.2, -0.15) is 0 Å². The number of amides is 2. The van der Waals surface area contributed by atoms with Crippen LogP contribution in [0.5, 0.6) is 5.75 Å². The van der Waals surface area contributed by atoms with Crippen LogP contribution < -0.4 is 15.4 Å². The van der Waals surface area contributed by atoms with Crippen molar-refractivity contribution in [3.05, 3.63) is 52.9 Å². The average Bonchev–Trinajstić information content (AvgIpc) is 2.67. The lowest BCUT2D eigenvalue weighted by molar-refractivity contribution is -0.116. The Morgan fingerprint density at radius 1 is 1.14 bits per heavy atom. The van der Waals surface area contributed by atoms with Crippen LogP contribution in [0.4, 0.5) is 16.2 Å². The number of hydrogen-bond acceptors (Lipinski definition) is 5. The van der Waals surface area contributed by atoms with E-state index in [1.165, 1.54) is 6.33 Å². The smallest absolute Gasteiger partial charge is 0.409 e. The molecule has 2 aromatic carbocycles. The molecule has 0 aliphatic rings. The number of fused-ring (bicyclic) bond motifs is 1. The highest BCUT2D eigenvalue weighted by Crippen LogP contribution is 2.30. The Kier molecular flexibility index (Phi) is 6.61. The largest absolute Gasteiger partial charge is 0.491 e. The van der Waals surface area contributed by atoms with Gasteiger partial charge in [-0.1, -0.05) is 28.1 Å². The number of benzene rings is 2. The summed E-state index contributed by atoms with van der Waals surface area (Å²) in [5, 5.41) is 14.7. The third-order valence-corrected chi connectivity index (χ3v) is 4.57. The average molecular weight is 459 g/mol. The third kappa shape index (κ3) is 5.41. The van der Waals surface area contributed by atoms with Crippen molar-refractivity contribution in [3.8, 4) is 5.75 Å². The normalized spacial score (nSPS) is 10.6. The van der Waals surface area contributed by atoms with Gasteiger partial charge >= 0.3 is 6.09 Å². The molecule has 0 bridgehead atoms. The monoisotopic (exact) mass is 458 g/mol. The Morgan fingerprint density at radius 2 is 1.86 bits per heavy atom. The van der Waals surface area contributed by atoms with E-state index in [4.69, 9.17) is 9.84 Å². The molecule has 0 fully saturated rings. The van der Waals surface area contributed by atoms with Gasteiger partial charge in [0.1, 0.15) is 17.6 Å². The summed E-state index contributed by atoms with van der Waals surface area (Å²) >= 11 is 3.46. The van der Waals surface area contributed by atoms with Crippen LogP contribution in [0.1, 0.15) is 18.5 Å². The molecule has 3 aromatic rings. The molecule has 9 heteroatoms. The van der Waals surface area contributed by atoms with Crippen molar-refractivity contribution in [2.24, 2.45) is 0 Å². The number of aromatic nitrogens is 2. The second kappa shape index (κ2) is 9.33. The fraction of sp³-hybridized carbons (Fsp3) is 0.200. The molecular weight excluding hydrogens is 440 g/mol. The number of carbonyl (C=O) groups is 2. The Morgan fingerprint density at radius 3 is 2.59 bits per heavy atom. The number of nitrogens with zero attached hydrogens (tertiary/aromatic N) is 2. The zero-order valence-corrected chi connectivity index (χ0v) is 17.2. The first kappa shape index (κ1) is 20.5. The first-order valence-corrected chi connectivity index (χ1v) is 9.66. The molecule has 29 heavy (non-hydrogen) atoms. The minimum absolute atomic E-state index is 0.224. The van der Waals surface area contributed by atoms with E-state index in [2.05, 4.69) is 36.5 Å². The van der Waals surface area contributed by atoms with Gasteiger partial charge in [-0.15, -0.1) is 0 Å². The van der Waals surface area contributed by atoms with Crippen LogP contribution in [-0.2, 0) is 4.79 Å². The quantitative estimate of drug-likeness (QED) is 0.446. The molecule has 1 aromatic heterocycles. The minimum atomic E-state index is -1.19. The number of aryl methyl sites for hydroxylation is 1. The number of para-hydroxylation sites is 2. The zero-order chi connectivity index (χ0) is 20.8. The van der Waals surface area contributed by atoms with E-state index in [1.807, 2.05) is 19.1 Å². The highest BCUT2D eigenvalue weighted by molar-refractivity contribution is 9.10. The lowest BCUT2D eigenvalue weighted by atomic mass is 10.2. The van der Waals surface area contributed by atoms with Crippen LogP contribution in [-0.4, -0.2) is 33.7 Å². The molecule has 0 spiro atoms. The van der Waals surface area contributed by atoms with E-state index < -0.39 is 6.09 Å². The van der Waals surface area contributed by atoms with Gasteiger partial charge in [0.2, 0.25) is 5.91 Å². The lowest BCUT2D eigenvalue weighted by Gasteiger charge is -2.12. The molecule has 0 saturated carbocycles. The molecule has 0 aliphatic carbocycles. The van der Waals surface area contributed by atoms with Crippen LogP contribution in [0.25, 0.3) is 10.9 Å². The van der Waals surface area contributed by atoms with Crippen molar-refractivity contribution in [1.29, 1.82) is 0 Å². The van der Waals surface area contributed by atoms with E-state index in [1.54, 1.807) is 24.3 Å². The molecule has 150 valence electrons. The molecular formula is C20H19BrN4O4. The highest BCUT2D eigenvalue weighted by Gasteiger charge is 2.11. The Labute approximate surface area is 175 Å². The fourth-order valence-electron chi connectivity index (χ4n) is 2.78. The van der Waals surface area contributed by atoms with Gasteiger partial charge in [-0.05, 0) is 37.6 Å². The van der Waals surface area contributed by atoms with Gasteiger partial charge in [-0.3, -0.25) is 10.1 Å². The molecule has 3 N–H and O–H groups in total. The summed E-state index contributed by atoms with van der Waals surface area (Å²) in [5.74, 6) is 0.391. The summed E-state index contributed by atoms with van der Waals surface area (Å²) in [6.45, 7) is 2.23. The van der Waals surface area contributed by atoms with Gasteiger partial charge in [0.15, 0.2) is 0 Å². The SMILES string of the molecule is Cc1ncnc2c(OCCCC(=O)Nc3ccccc3NC(=O)O)cc(Br)cc12. The molecule has 8 nitrogen and oxygen atoms in total. The fourth-order valence-corrected chi connectivity index (χ4v) is 3.22. The number of nitrogens with one attached hydrogen (secondary N) is 2. The second-order valence-corrected chi connectivity index (χ2v) is 7.15. The van der Waals surface area contributed by atoms with E-state index in [0.717, 1.165) is 21.1 Å². The molecule has 2 amide bonds. The third-order valence-electron chi connectivity index (χ3n) is 4.12. The topological polar surface area (TPSA) is 113 Å². The molecule has 3 rings (SSSR count). The zero-order valence-electron chi connectivity index (χ0n) is 15.6. The van der Waals surface area contributed by atoms with Gasteiger partial charge in [0, 0.05) is 22.0 Å². The number of carboxylic acid groups (broad SMARTS) is 1. The van der Waals surface area contributed by atoms with Crippen molar-refractivity contribution in [2.45, 2.75) is 19.8 Å². The molecule has 1 heterocycles. The summed E-state index contributed by atoms with van der Waals surface area (Å²) in [5.41, 5.74) is 2.30. The first-order chi connectivity index (χ1) is 13.9. The van der Waals surface area contributed by atoms with Crippen molar-refractivity contribution < 1.29 is 19.4 Å². The minimum Gasteiger partial charge on any atom is -0.491 e. The van der Waals surface area contributed by atoms with Crippen LogP contribution in [0, 0.1) is 6.92 Å². The van der Waals surface area contributed by atoms with E-state index >= 15 is 0 Å². The number of halogens is 1. The standard InChI is InChI=1S/C20H19BrN4O4/c1-12-14-9-13(21)10-17(19(14)23-11-22-12)29-8-4-7-18(26)24-15-5-2-3-6-16(15)25-20(27)28/h2-3,5-6,9-11,25H,4,7-8H2,1H3,(H,24,26)(H,27,28). The van der Waals surface area contributed by atoms with Crippen molar-refractivity contribution in [1.82, 2.24) is 9.97 Å². The summed E-state index contributed by atoms with van der Waals surface area (Å²) in [7, 11) is 0. The Bertz CT molecular complexity index is 1060. The van der Waals surface area contributed by atoms with Gasteiger partial charge in [0.05, 0.1) is 18.0 Å². The number of hydrogen-bond donors (Lipinski definition) is 3. The van der Waals surface area contributed by atoms with Gasteiger partial charge in [0.25, 0.3) is 0 Å². The Hall–Kier alpha value is -3.20. The maximum atomic E-state index is 12.2. The Balaban J connectivity index is 1.57. The van der Waals surface area contributed by atoms with E-state index in [0.29, 0.717) is 30.2 Å². The number of carbonyl (C=O) groups excluding carboxylic acids is 1. The van der Waals surface area contributed by atoms with Crippen LogP contribution in [0.2, 0.25) is 0 Å². The number of ether oxygens (including phenoxy) is 1. The lowest BCUT2D eigenvalue weighted by Crippen LogP contribution is -2.16. The van der Waals surface area contributed by atoms with Crippen molar-refractivity contribution >= 4 is 50.2 Å². The number of rotatable bonds is 7. The first-order valence-electron chi connectivity index (χ1n) is 8.86. The van der Waals surface area contributed by atoms with E-state index in [9.17, 15) is 9.59 Å². The summed E-state index contributed by atoms with van der Waals surface area (Å²) in [6.07, 6.45) is 1.01. The van der Waals surface area contributed by atoms with Crippen molar-refractivity contribution in [2.75, 3.05) is 17.2 Å². The summed E-state index contributed by atoms with van der Waals surface area (Å²) < 4.78 is 6.70. The molecule has 0 unspecified atom stereocenters. The predicted molar refractivity (Wildman–Crippen MR) is 113 cm³/mol. The van der Waals surface area contributed by atoms with Crippen LogP contribution in [0.15, 0.2) is 47.2 Å². The van der Waals surface area contributed by atoms with Gasteiger partial charge in [-0.25, -0.2) is 14.8 Å².